The number of fused-ring (bicyclic) bond motifs is 1. The zero-order valence-electron chi connectivity index (χ0n) is 15.2. The lowest BCUT2D eigenvalue weighted by Gasteiger charge is -2.36. The summed E-state index contributed by atoms with van der Waals surface area (Å²) in [6.45, 7) is 4.84. The van der Waals surface area contributed by atoms with Crippen molar-refractivity contribution in [1.29, 1.82) is 0 Å². The van der Waals surface area contributed by atoms with Gasteiger partial charge >= 0.3 is 0 Å². The molecular formula is C18H23Cl2N7S. The molecular weight excluding hydrogens is 417 g/mol. The number of hydrogen-bond donors (Lipinski definition) is 2. The molecule has 2 aromatic rings. The van der Waals surface area contributed by atoms with Crippen LogP contribution in [0.25, 0.3) is 0 Å². The maximum absolute atomic E-state index is 4.91. The minimum atomic E-state index is 0. The Morgan fingerprint density at radius 1 is 1.00 bits per heavy atom. The van der Waals surface area contributed by atoms with Gasteiger partial charge < -0.3 is 20.1 Å². The van der Waals surface area contributed by atoms with Gasteiger partial charge in [0, 0.05) is 43.5 Å². The summed E-state index contributed by atoms with van der Waals surface area (Å²) in [6, 6.07) is 10.6. The largest absolute Gasteiger partial charge is 0.368 e. The van der Waals surface area contributed by atoms with E-state index in [2.05, 4.69) is 66.3 Å². The van der Waals surface area contributed by atoms with E-state index in [1.165, 1.54) is 5.69 Å². The van der Waals surface area contributed by atoms with Gasteiger partial charge in [-0.25, -0.2) is 10.4 Å². The fraction of sp³-hybridized carbons (Fsp3) is 0.333. The molecule has 2 saturated heterocycles. The van der Waals surface area contributed by atoms with E-state index in [4.69, 9.17) is 4.98 Å². The molecule has 0 radical (unpaired) electrons. The summed E-state index contributed by atoms with van der Waals surface area (Å²) in [7, 11) is 0. The van der Waals surface area contributed by atoms with E-state index in [1.54, 1.807) is 11.3 Å². The van der Waals surface area contributed by atoms with E-state index in [-0.39, 0.29) is 31.0 Å². The molecule has 7 nitrogen and oxygen atoms in total. The Balaban J connectivity index is 0.00000112. The fourth-order valence-electron chi connectivity index (χ4n) is 3.58. The number of nitrogens with zero attached hydrogens (tertiary/aromatic N) is 5. The first-order chi connectivity index (χ1) is 12.9. The van der Waals surface area contributed by atoms with Crippen molar-refractivity contribution in [2.45, 2.75) is 6.17 Å². The zero-order chi connectivity index (χ0) is 17.3. The van der Waals surface area contributed by atoms with Crippen LogP contribution in [0.5, 0.6) is 0 Å². The van der Waals surface area contributed by atoms with Gasteiger partial charge in [0.2, 0.25) is 0 Å². The summed E-state index contributed by atoms with van der Waals surface area (Å²) in [4.78, 5) is 16.2. The standard InChI is InChI=1S/C18H21N7S.2ClH/c1-2-4-14(5-3-1)23-8-10-24(11-9-23)18-20-15(13-26-18)17-22-21-16-12-19-6-7-25(16)17;;/h1-6,12-13,17,21-22H,7-11H2;2*1H. The second-order valence-corrected chi connectivity index (χ2v) is 7.37. The highest BCUT2D eigenvalue weighted by Crippen LogP contribution is 2.30. The number of rotatable bonds is 3. The molecule has 0 spiro atoms. The van der Waals surface area contributed by atoms with Crippen molar-refractivity contribution in [3.63, 3.8) is 0 Å². The highest BCUT2D eigenvalue weighted by atomic mass is 35.5. The highest BCUT2D eigenvalue weighted by Gasteiger charge is 2.31. The summed E-state index contributed by atoms with van der Waals surface area (Å²) in [5.74, 6) is 1.00. The van der Waals surface area contributed by atoms with E-state index in [0.717, 1.165) is 49.4 Å². The molecule has 150 valence electrons. The van der Waals surface area contributed by atoms with E-state index in [1.807, 2.05) is 12.4 Å². The van der Waals surface area contributed by atoms with E-state index < -0.39 is 0 Å². The lowest BCUT2D eigenvalue weighted by molar-refractivity contribution is 0.308. The number of hydrogen-bond acceptors (Lipinski definition) is 8. The summed E-state index contributed by atoms with van der Waals surface area (Å²) < 4.78 is 0. The second kappa shape index (κ2) is 9.00. The van der Waals surface area contributed by atoms with E-state index in [9.17, 15) is 0 Å². The van der Waals surface area contributed by atoms with Crippen LogP contribution in [-0.4, -0.2) is 48.8 Å². The van der Waals surface area contributed by atoms with Gasteiger partial charge in [0.25, 0.3) is 0 Å². The molecule has 5 rings (SSSR count). The molecule has 10 heteroatoms. The zero-order valence-corrected chi connectivity index (χ0v) is 17.6. The monoisotopic (exact) mass is 439 g/mol. The predicted octanol–water partition coefficient (Wildman–Crippen LogP) is 2.61. The molecule has 0 amide bonds. The molecule has 4 heterocycles. The molecule has 1 aromatic heterocycles. The molecule has 3 aliphatic rings. The molecule has 1 aromatic carbocycles. The van der Waals surface area contributed by atoms with Crippen LogP contribution in [0, 0.1) is 0 Å². The van der Waals surface area contributed by atoms with Gasteiger partial charge in [-0.1, -0.05) is 18.2 Å². The first-order valence-corrected chi connectivity index (χ1v) is 9.77. The Bertz CT molecular complexity index is 833. The van der Waals surface area contributed by atoms with Crippen LogP contribution in [-0.2, 0) is 0 Å². The van der Waals surface area contributed by atoms with Crippen LogP contribution in [0.15, 0.2) is 52.7 Å². The van der Waals surface area contributed by atoms with Gasteiger partial charge in [-0.2, -0.15) is 0 Å². The van der Waals surface area contributed by atoms with Crippen molar-refractivity contribution < 1.29 is 0 Å². The van der Waals surface area contributed by atoms with Crippen LogP contribution in [0.2, 0.25) is 0 Å². The average molecular weight is 440 g/mol. The molecule has 1 unspecified atom stereocenters. The van der Waals surface area contributed by atoms with E-state index in [0.29, 0.717) is 0 Å². The molecule has 2 N–H and O–H groups in total. The maximum atomic E-state index is 4.91. The number of piperazine rings is 1. The number of aliphatic imine (C=N–C) groups is 1. The Morgan fingerprint density at radius 3 is 2.54 bits per heavy atom. The molecule has 0 bridgehead atoms. The smallest absolute Gasteiger partial charge is 0.185 e. The number of hydrazine groups is 1. The molecule has 0 saturated carbocycles. The Labute approximate surface area is 180 Å². The Morgan fingerprint density at radius 2 is 1.75 bits per heavy atom. The fourth-order valence-corrected chi connectivity index (χ4v) is 4.47. The summed E-state index contributed by atoms with van der Waals surface area (Å²) in [5, 5.41) is 3.27. The Hall–Kier alpha value is -2.00. The minimum Gasteiger partial charge on any atom is -0.368 e. The van der Waals surface area contributed by atoms with Crippen LogP contribution < -0.4 is 20.7 Å². The van der Waals surface area contributed by atoms with Crippen molar-refractivity contribution in [3.05, 3.63) is 53.4 Å². The molecule has 2 fully saturated rings. The van der Waals surface area contributed by atoms with Crippen LogP contribution in [0.3, 0.4) is 0 Å². The Kier molecular flexibility index (Phi) is 6.66. The molecule has 1 atom stereocenters. The quantitative estimate of drug-likeness (QED) is 0.766. The van der Waals surface area contributed by atoms with Crippen molar-refractivity contribution in [3.8, 4) is 0 Å². The number of benzene rings is 1. The van der Waals surface area contributed by atoms with Crippen molar-refractivity contribution in [2.75, 3.05) is 42.5 Å². The number of aromatic nitrogens is 1. The molecule has 28 heavy (non-hydrogen) atoms. The second-order valence-electron chi connectivity index (χ2n) is 6.53. The number of halogens is 2. The number of thiazole rings is 1. The SMILES string of the molecule is C1=NC=C2NNC(c3csc(N4CCN(c5ccccc5)CC4)n3)N2C1.Cl.Cl. The number of para-hydroxylation sites is 1. The van der Waals surface area contributed by atoms with Crippen molar-refractivity contribution >= 4 is 53.2 Å². The van der Waals surface area contributed by atoms with Crippen LogP contribution in [0.4, 0.5) is 10.8 Å². The van der Waals surface area contributed by atoms with E-state index >= 15 is 0 Å². The van der Waals surface area contributed by atoms with Gasteiger partial charge in [-0.05, 0) is 12.1 Å². The summed E-state index contributed by atoms with van der Waals surface area (Å²) in [6.07, 6.45) is 3.82. The van der Waals surface area contributed by atoms with Gasteiger partial charge in [-0.3, -0.25) is 4.99 Å². The number of anilines is 2. The highest BCUT2D eigenvalue weighted by molar-refractivity contribution is 7.13. The van der Waals surface area contributed by atoms with Crippen LogP contribution in [0.1, 0.15) is 11.9 Å². The third kappa shape index (κ3) is 3.91. The normalized spacial score (nSPS) is 20.6. The minimum absolute atomic E-state index is 0. The first-order valence-electron chi connectivity index (χ1n) is 8.89. The van der Waals surface area contributed by atoms with Gasteiger partial charge in [0.1, 0.15) is 12.0 Å². The van der Waals surface area contributed by atoms with Crippen molar-refractivity contribution in [2.24, 2.45) is 4.99 Å². The summed E-state index contributed by atoms with van der Waals surface area (Å²) in [5.41, 5.74) is 8.85. The average Bonchev–Trinajstić information content (AvgIpc) is 3.36. The third-order valence-electron chi connectivity index (χ3n) is 5.00. The van der Waals surface area contributed by atoms with Crippen LogP contribution >= 0.6 is 36.2 Å². The summed E-state index contributed by atoms with van der Waals surface area (Å²) >= 11 is 1.73. The first kappa shape index (κ1) is 20.7. The number of nitrogens with one attached hydrogen (secondary N) is 2. The van der Waals surface area contributed by atoms with Gasteiger partial charge in [-0.15, -0.1) is 36.2 Å². The lowest BCUT2D eigenvalue weighted by atomic mass is 10.2. The van der Waals surface area contributed by atoms with Crippen molar-refractivity contribution in [1.82, 2.24) is 20.7 Å². The van der Waals surface area contributed by atoms with Gasteiger partial charge in [0.05, 0.1) is 18.4 Å². The third-order valence-corrected chi connectivity index (χ3v) is 5.92. The predicted molar refractivity (Wildman–Crippen MR) is 120 cm³/mol. The maximum Gasteiger partial charge on any atom is 0.185 e. The van der Waals surface area contributed by atoms with Gasteiger partial charge in [0.15, 0.2) is 5.13 Å². The molecule has 3 aliphatic heterocycles. The lowest BCUT2D eigenvalue weighted by Crippen LogP contribution is -2.46. The topological polar surface area (TPSA) is 59.0 Å². The molecule has 0 aliphatic carbocycles.